The highest BCUT2D eigenvalue weighted by Gasteiger charge is 2.51. The first-order valence-electron chi connectivity index (χ1n) is 25.8. The minimum Gasteiger partial charge on any atom is -0.462 e. The summed E-state index contributed by atoms with van der Waals surface area (Å²) in [4.78, 5) is 35.8. The van der Waals surface area contributed by atoms with Crippen LogP contribution in [0.25, 0.3) is 0 Å². The molecule has 13 nitrogen and oxygen atoms in total. The smallest absolute Gasteiger partial charge is 0.462 e. The van der Waals surface area contributed by atoms with E-state index in [1.807, 2.05) is 6.08 Å². The third-order valence-corrected chi connectivity index (χ3v) is 12.9. The molecule has 0 saturated heterocycles. The van der Waals surface area contributed by atoms with Crippen molar-refractivity contribution in [2.75, 3.05) is 13.2 Å². The maximum atomic E-state index is 12.8. The van der Waals surface area contributed by atoms with Gasteiger partial charge in [0.2, 0.25) is 0 Å². The van der Waals surface area contributed by atoms with Crippen LogP contribution in [0, 0.1) is 0 Å². The molecule has 0 spiro atoms. The van der Waals surface area contributed by atoms with Crippen LogP contribution in [-0.4, -0.2) is 98.3 Å². The molecular weight excluding hydrogens is 852 g/mol. The molecule has 0 aromatic heterocycles. The lowest BCUT2D eigenvalue weighted by atomic mass is 9.85. The van der Waals surface area contributed by atoms with Crippen molar-refractivity contribution < 1.29 is 63.1 Å². The van der Waals surface area contributed by atoms with Crippen molar-refractivity contribution in [3.63, 3.8) is 0 Å². The lowest BCUT2D eigenvalue weighted by Crippen LogP contribution is -2.64. The molecular formula is C51H93O13P. The van der Waals surface area contributed by atoms with Gasteiger partial charge in [-0.3, -0.25) is 18.6 Å². The molecule has 6 unspecified atom stereocenters. The van der Waals surface area contributed by atoms with Crippen molar-refractivity contribution in [3.8, 4) is 0 Å². The monoisotopic (exact) mass is 945 g/mol. The van der Waals surface area contributed by atoms with E-state index in [9.17, 15) is 44.6 Å². The second kappa shape index (κ2) is 41.1. The quantitative estimate of drug-likeness (QED) is 0.0146. The molecule has 0 aromatic carbocycles. The molecule has 1 fully saturated rings. The van der Waals surface area contributed by atoms with Gasteiger partial charge >= 0.3 is 19.8 Å². The number of unbranched alkanes of at least 4 members (excludes halogenated alkanes) is 25. The Morgan fingerprint density at radius 2 is 0.846 bits per heavy atom. The Bertz CT molecular complexity index is 1280. The summed E-state index contributed by atoms with van der Waals surface area (Å²) in [5, 5.41) is 50.2. The number of carbonyl (C=O) groups is 2. The van der Waals surface area contributed by atoms with Gasteiger partial charge < -0.3 is 39.9 Å². The van der Waals surface area contributed by atoms with Crippen LogP contribution in [0.4, 0.5) is 0 Å². The van der Waals surface area contributed by atoms with Crippen molar-refractivity contribution in [2.45, 2.75) is 262 Å². The Balaban J connectivity index is 2.43. The van der Waals surface area contributed by atoms with Gasteiger partial charge in [-0.15, -0.1) is 0 Å². The van der Waals surface area contributed by atoms with Gasteiger partial charge in [-0.1, -0.05) is 179 Å². The van der Waals surface area contributed by atoms with Crippen LogP contribution in [0.3, 0.4) is 0 Å². The topological polar surface area (TPSA) is 210 Å². The Morgan fingerprint density at radius 1 is 0.477 bits per heavy atom. The Kier molecular flexibility index (Phi) is 38.6. The molecule has 14 heteroatoms. The number of aliphatic hydroxyl groups is 5. The molecule has 380 valence electrons. The lowest BCUT2D eigenvalue weighted by Gasteiger charge is -2.41. The van der Waals surface area contributed by atoms with E-state index in [0.29, 0.717) is 19.3 Å². The van der Waals surface area contributed by atoms with Crippen LogP contribution >= 0.6 is 7.82 Å². The Morgan fingerprint density at radius 3 is 1.31 bits per heavy atom. The molecule has 6 N–H and O–H groups in total. The van der Waals surface area contributed by atoms with Gasteiger partial charge in [0, 0.05) is 12.8 Å². The number of carbonyl (C=O) groups excluding carboxylic acids is 2. The average Bonchev–Trinajstić information content (AvgIpc) is 3.29. The molecule has 0 aromatic rings. The van der Waals surface area contributed by atoms with E-state index in [1.165, 1.54) is 128 Å². The normalized spacial score (nSPS) is 21.7. The number of phosphoric acid groups is 1. The number of rotatable bonds is 43. The minimum absolute atomic E-state index is 0.0868. The number of hydrogen-bond donors (Lipinski definition) is 6. The Labute approximate surface area is 393 Å². The van der Waals surface area contributed by atoms with E-state index in [-0.39, 0.29) is 12.8 Å². The van der Waals surface area contributed by atoms with Gasteiger partial charge in [0.05, 0.1) is 6.61 Å². The van der Waals surface area contributed by atoms with E-state index in [4.69, 9.17) is 18.5 Å². The fourth-order valence-electron chi connectivity index (χ4n) is 7.79. The van der Waals surface area contributed by atoms with Gasteiger partial charge in [-0.05, 0) is 64.2 Å². The van der Waals surface area contributed by atoms with E-state index in [2.05, 4.69) is 44.2 Å². The number of ether oxygens (including phenoxy) is 2. The third kappa shape index (κ3) is 33.3. The number of phosphoric ester groups is 1. The summed E-state index contributed by atoms with van der Waals surface area (Å²) in [6.45, 7) is 3.28. The summed E-state index contributed by atoms with van der Waals surface area (Å²) in [6, 6.07) is 0. The summed E-state index contributed by atoms with van der Waals surface area (Å²) >= 11 is 0. The standard InChI is InChI=1S/C51H93O13P/c1-3-5-7-9-11-13-15-17-19-21-22-24-26-28-30-32-34-36-38-40-45(53)63-43(42-62-65(59,60)64-51-49(57)47(55)46(54)48(56)50(51)58)41-61-44(52)39-37-35-33-31-29-27-25-23-20-18-16-14-12-10-8-6-4-2/h17,19,25,27,31,33,43,46-51,54-58H,3-16,18,20-24,26,28-30,32,34-42H2,1-2H3,(H,59,60)/b19-17+,27-25+,33-31+/t43-,46?,47-,48?,49?,50?,51?/m1/s1. The lowest BCUT2D eigenvalue weighted by molar-refractivity contribution is -0.220. The zero-order chi connectivity index (χ0) is 47.8. The van der Waals surface area contributed by atoms with E-state index < -0.39 is 75.7 Å². The molecule has 1 rings (SSSR count). The molecule has 0 heterocycles. The van der Waals surface area contributed by atoms with Crippen LogP contribution < -0.4 is 0 Å². The van der Waals surface area contributed by atoms with Crippen molar-refractivity contribution in [1.29, 1.82) is 0 Å². The highest BCUT2D eigenvalue weighted by atomic mass is 31.2. The van der Waals surface area contributed by atoms with E-state index in [0.717, 1.165) is 44.9 Å². The number of aliphatic hydroxyl groups excluding tert-OH is 5. The summed E-state index contributed by atoms with van der Waals surface area (Å²) in [5.74, 6) is -1.15. The molecule has 0 amide bonds. The number of allylic oxidation sites excluding steroid dienone is 6. The largest absolute Gasteiger partial charge is 0.472 e. The van der Waals surface area contributed by atoms with Crippen LogP contribution in [0.1, 0.15) is 219 Å². The fraction of sp³-hybridized carbons (Fsp3) is 0.843. The molecule has 1 aliphatic carbocycles. The van der Waals surface area contributed by atoms with Crippen molar-refractivity contribution >= 4 is 19.8 Å². The first-order valence-corrected chi connectivity index (χ1v) is 27.3. The maximum absolute atomic E-state index is 12.8. The van der Waals surface area contributed by atoms with Gasteiger partial charge in [0.15, 0.2) is 6.10 Å². The predicted molar refractivity (Wildman–Crippen MR) is 258 cm³/mol. The summed E-state index contributed by atoms with van der Waals surface area (Å²) < 4.78 is 33.6. The highest BCUT2D eigenvalue weighted by Crippen LogP contribution is 2.47. The molecule has 0 bridgehead atoms. The Hall–Kier alpha value is -1.93. The molecule has 0 aliphatic heterocycles. The molecule has 65 heavy (non-hydrogen) atoms. The third-order valence-electron chi connectivity index (χ3n) is 12.0. The van der Waals surface area contributed by atoms with Gasteiger partial charge in [-0.2, -0.15) is 0 Å². The molecule has 1 saturated carbocycles. The molecule has 0 radical (unpaired) electrons. The summed E-state index contributed by atoms with van der Waals surface area (Å²) in [5.41, 5.74) is 0. The van der Waals surface area contributed by atoms with Gasteiger partial charge in [0.25, 0.3) is 0 Å². The second-order valence-corrected chi connectivity index (χ2v) is 19.4. The SMILES string of the molecule is CCCCCCCC/C=C/CCCCCCCCCCCC(=O)O[C@H](COC(=O)CCC/C=C/C/C=C/CCCCCCCCCCC)COP(=O)(O)OC1C(O)C(O)C(O)[C@@H](O)C1O. The minimum atomic E-state index is -5.13. The van der Waals surface area contributed by atoms with Crippen molar-refractivity contribution in [3.05, 3.63) is 36.5 Å². The van der Waals surface area contributed by atoms with Crippen LogP contribution in [-0.2, 0) is 32.7 Å². The van der Waals surface area contributed by atoms with Crippen LogP contribution in [0.5, 0.6) is 0 Å². The second-order valence-electron chi connectivity index (χ2n) is 18.0. The van der Waals surface area contributed by atoms with Crippen molar-refractivity contribution in [2.24, 2.45) is 0 Å². The summed E-state index contributed by atoms with van der Waals surface area (Å²) in [7, 11) is -5.13. The zero-order valence-electron chi connectivity index (χ0n) is 40.5. The van der Waals surface area contributed by atoms with Gasteiger partial charge in [-0.25, -0.2) is 4.57 Å². The molecule has 1 aliphatic rings. The highest BCUT2D eigenvalue weighted by molar-refractivity contribution is 7.47. The van der Waals surface area contributed by atoms with Crippen molar-refractivity contribution in [1.82, 2.24) is 0 Å². The van der Waals surface area contributed by atoms with E-state index >= 15 is 0 Å². The average molecular weight is 945 g/mol. The van der Waals surface area contributed by atoms with Crippen LogP contribution in [0.15, 0.2) is 36.5 Å². The number of hydrogen-bond acceptors (Lipinski definition) is 12. The maximum Gasteiger partial charge on any atom is 0.472 e. The van der Waals surface area contributed by atoms with Gasteiger partial charge in [0.1, 0.15) is 43.2 Å². The predicted octanol–water partition coefficient (Wildman–Crippen LogP) is 11.0. The number of esters is 2. The first-order chi connectivity index (χ1) is 31.4. The summed E-state index contributed by atoms with van der Waals surface area (Å²) in [6.07, 6.45) is 34.8. The fourth-order valence-corrected chi connectivity index (χ4v) is 8.77. The van der Waals surface area contributed by atoms with E-state index in [1.54, 1.807) is 0 Å². The zero-order valence-corrected chi connectivity index (χ0v) is 41.4. The molecule has 8 atom stereocenters. The first kappa shape index (κ1) is 61.1. The van der Waals surface area contributed by atoms with Crippen LogP contribution in [0.2, 0.25) is 0 Å².